The minimum Gasteiger partial charge on any atom is -0.323 e. The number of aromatic nitrogens is 2. The van der Waals surface area contributed by atoms with Crippen LogP contribution in [0, 0.1) is 0 Å². The topological polar surface area (TPSA) is 51.8 Å². The first-order valence-electron chi connectivity index (χ1n) is 3.48. The van der Waals surface area contributed by atoms with Crippen LogP contribution in [0.15, 0.2) is 18.0 Å². The van der Waals surface area contributed by atoms with Crippen LogP contribution >= 0.6 is 11.5 Å². The molecule has 2 N–H and O–H groups in total. The number of nitrogens with two attached hydrogens (primary N) is 1. The Morgan fingerprint density at radius 3 is 3.18 bits per heavy atom. The van der Waals surface area contributed by atoms with Gasteiger partial charge in [0.2, 0.25) is 0 Å². The first-order chi connectivity index (χ1) is 5.34. The lowest BCUT2D eigenvalue weighted by molar-refractivity contribution is 0.640. The lowest BCUT2D eigenvalue weighted by atomic mass is 10.1. The molecule has 1 rings (SSSR count). The van der Waals surface area contributed by atoms with E-state index in [0.717, 1.165) is 18.5 Å². The molecule has 1 aromatic heterocycles. The molecular formula is C7H11N3S. The zero-order valence-electron chi connectivity index (χ0n) is 6.23. The fourth-order valence-corrected chi connectivity index (χ4v) is 1.30. The summed E-state index contributed by atoms with van der Waals surface area (Å²) in [7, 11) is 0. The van der Waals surface area contributed by atoms with Crippen molar-refractivity contribution >= 4 is 11.5 Å². The minimum atomic E-state index is 0.0201. The molecule has 4 heteroatoms. The molecule has 3 nitrogen and oxygen atoms in total. The fourth-order valence-electron chi connectivity index (χ4n) is 0.779. The van der Waals surface area contributed by atoms with E-state index in [-0.39, 0.29) is 6.04 Å². The highest BCUT2D eigenvalue weighted by Gasteiger charge is 2.06. The van der Waals surface area contributed by atoms with E-state index in [1.54, 1.807) is 0 Å². The number of nitrogens with zero attached hydrogens (tertiary/aromatic N) is 2. The second-order valence-corrected chi connectivity index (χ2v) is 2.91. The zero-order chi connectivity index (χ0) is 8.10. The van der Waals surface area contributed by atoms with Crippen molar-refractivity contribution in [3.05, 3.63) is 23.7 Å². The predicted octanol–water partition coefficient (Wildman–Crippen LogP) is 1.50. The van der Waals surface area contributed by atoms with Crippen LogP contribution in [0.25, 0.3) is 0 Å². The zero-order valence-corrected chi connectivity index (χ0v) is 7.05. The molecular weight excluding hydrogens is 158 g/mol. The molecule has 0 saturated carbocycles. The lowest BCUT2D eigenvalue weighted by Gasteiger charge is -2.04. The van der Waals surface area contributed by atoms with Gasteiger partial charge in [0.05, 0.1) is 11.7 Å². The van der Waals surface area contributed by atoms with Crippen LogP contribution in [0.1, 0.15) is 24.6 Å². The van der Waals surface area contributed by atoms with Crippen molar-refractivity contribution in [1.82, 2.24) is 9.59 Å². The number of hydrogen-bond acceptors (Lipinski definition) is 4. The van der Waals surface area contributed by atoms with Crippen molar-refractivity contribution in [3.63, 3.8) is 0 Å². The van der Waals surface area contributed by atoms with Gasteiger partial charge in [0.1, 0.15) is 0 Å². The summed E-state index contributed by atoms with van der Waals surface area (Å²) >= 11 is 1.33. The summed E-state index contributed by atoms with van der Waals surface area (Å²) in [5.74, 6) is 0. The summed E-state index contributed by atoms with van der Waals surface area (Å²) in [5.41, 5.74) is 6.67. The number of allylic oxidation sites excluding steroid dienone is 1. The van der Waals surface area contributed by atoms with E-state index >= 15 is 0 Å². The predicted molar refractivity (Wildman–Crippen MR) is 46.3 cm³/mol. The van der Waals surface area contributed by atoms with E-state index < -0.39 is 0 Å². The molecule has 1 unspecified atom stereocenters. The number of rotatable bonds is 4. The Labute approximate surface area is 70.1 Å². The lowest BCUT2D eigenvalue weighted by Crippen LogP contribution is -2.09. The van der Waals surface area contributed by atoms with Crippen molar-refractivity contribution < 1.29 is 0 Å². The molecule has 0 bridgehead atoms. The van der Waals surface area contributed by atoms with Crippen molar-refractivity contribution in [3.8, 4) is 0 Å². The molecule has 60 valence electrons. The summed E-state index contributed by atoms with van der Waals surface area (Å²) in [6, 6.07) is 0.0201. The van der Waals surface area contributed by atoms with Gasteiger partial charge in [-0.25, -0.2) is 0 Å². The highest BCUT2D eigenvalue weighted by Crippen LogP contribution is 2.13. The Balaban J connectivity index is 2.42. The van der Waals surface area contributed by atoms with Crippen LogP contribution in [-0.2, 0) is 0 Å². The molecule has 0 amide bonds. The van der Waals surface area contributed by atoms with Gasteiger partial charge in [-0.15, -0.1) is 11.7 Å². The van der Waals surface area contributed by atoms with Crippen molar-refractivity contribution in [2.24, 2.45) is 5.73 Å². The van der Waals surface area contributed by atoms with Crippen LogP contribution in [0.2, 0.25) is 0 Å². The smallest absolute Gasteiger partial charge is 0.0922 e. The van der Waals surface area contributed by atoms with E-state index in [0.29, 0.717) is 0 Å². The summed E-state index contributed by atoms with van der Waals surface area (Å²) in [6.07, 6.45) is 3.69. The molecule has 0 spiro atoms. The second-order valence-electron chi connectivity index (χ2n) is 2.30. The minimum absolute atomic E-state index is 0.0201. The largest absolute Gasteiger partial charge is 0.323 e. The molecule has 1 atom stereocenters. The monoisotopic (exact) mass is 169 g/mol. The van der Waals surface area contributed by atoms with Gasteiger partial charge in [0, 0.05) is 5.38 Å². The van der Waals surface area contributed by atoms with Gasteiger partial charge in [0.15, 0.2) is 0 Å². The third-order valence-electron chi connectivity index (χ3n) is 1.44. The van der Waals surface area contributed by atoms with E-state index in [9.17, 15) is 0 Å². The molecule has 11 heavy (non-hydrogen) atoms. The van der Waals surface area contributed by atoms with Gasteiger partial charge < -0.3 is 5.73 Å². The summed E-state index contributed by atoms with van der Waals surface area (Å²) in [4.78, 5) is 0. The molecule has 0 saturated heterocycles. The average molecular weight is 169 g/mol. The van der Waals surface area contributed by atoms with E-state index in [4.69, 9.17) is 5.73 Å². The summed E-state index contributed by atoms with van der Waals surface area (Å²) in [5, 5.41) is 5.76. The van der Waals surface area contributed by atoms with Crippen molar-refractivity contribution in [1.29, 1.82) is 0 Å². The van der Waals surface area contributed by atoms with E-state index in [1.165, 1.54) is 11.5 Å². The normalized spacial score (nSPS) is 12.8. The standard InChI is InChI=1S/C7H11N3S/c1-2-3-4-6(8)7-5-11-10-9-7/h2,5-6H,1,3-4,8H2. The van der Waals surface area contributed by atoms with E-state index in [1.807, 2.05) is 11.5 Å². The highest BCUT2D eigenvalue weighted by molar-refractivity contribution is 7.03. The number of hydrogen-bond donors (Lipinski definition) is 1. The van der Waals surface area contributed by atoms with Crippen molar-refractivity contribution in [2.75, 3.05) is 0 Å². The highest BCUT2D eigenvalue weighted by atomic mass is 32.1. The first kappa shape index (κ1) is 8.36. The molecule has 0 aromatic carbocycles. The molecule has 0 aliphatic carbocycles. The van der Waals surface area contributed by atoms with Gasteiger partial charge in [-0.1, -0.05) is 10.6 Å². The third-order valence-corrected chi connectivity index (χ3v) is 1.96. The first-order valence-corrected chi connectivity index (χ1v) is 4.31. The third kappa shape index (κ3) is 2.40. The quantitative estimate of drug-likeness (QED) is 0.695. The molecule has 0 radical (unpaired) electrons. The maximum Gasteiger partial charge on any atom is 0.0922 e. The Hall–Kier alpha value is -0.740. The average Bonchev–Trinajstić information content (AvgIpc) is 2.52. The summed E-state index contributed by atoms with van der Waals surface area (Å²) < 4.78 is 3.74. The molecule has 1 heterocycles. The molecule has 1 aromatic rings. The van der Waals surface area contributed by atoms with Gasteiger partial charge in [0.25, 0.3) is 0 Å². The Kier molecular flexibility index (Phi) is 3.19. The van der Waals surface area contributed by atoms with Crippen LogP contribution in [0.5, 0.6) is 0 Å². The molecule has 0 fully saturated rings. The molecule has 0 aliphatic rings. The van der Waals surface area contributed by atoms with Crippen LogP contribution < -0.4 is 5.73 Å². The van der Waals surface area contributed by atoms with Gasteiger partial charge in [-0.3, -0.25) is 0 Å². The Morgan fingerprint density at radius 2 is 2.64 bits per heavy atom. The van der Waals surface area contributed by atoms with Gasteiger partial charge in [-0.2, -0.15) is 0 Å². The van der Waals surface area contributed by atoms with E-state index in [2.05, 4.69) is 16.2 Å². The van der Waals surface area contributed by atoms with Crippen molar-refractivity contribution in [2.45, 2.75) is 18.9 Å². The van der Waals surface area contributed by atoms with Crippen LogP contribution in [0.3, 0.4) is 0 Å². The second kappa shape index (κ2) is 4.20. The van der Waals surface area contributed by atoms with Gasteiger partial charge >= 0.3 is 0 Å². The van der Waals surface area contributed by atoms with Crippen LogP contribution in [0.4, 0.5) is 0 Å². The summed E-state index contributed by atoms with van der Waals surface area (Å²) in [6.45, 7) is 3.62. The Bertz CT molecular complexity index is 207. The SMILES string of the molecule is C=CCCC(N)c1csnn1. The van der Waals surface area contributed by atoms with Crippen LogP contribution in [-0.4, -0.2) is 9.59 Å². The fraction of sp³-hybridized carbons (Fsp3) is 0.429. The Morgan fingerprint density at radius 1 is 1.82 bits per heavy atom. The maximum atomic E-state index is 5.78. The molecule has 0 aliphatic heterocycles. The maximum absolute atomic E-state index is 5.78. The van der Waals surface area contributed by atoms with Gasteiger partial charge in [-0.05, 0) is 24.4 Å².